The molecule has 5 nitrogen and oxygen atoms in total. The van der Waals surface area contributed by atoms with Crippen LogP contribution >= 0.6 is 0 Å². The minimum atomic E-state index is -0.185. The van der Waals surface area contributed by atoms with Gasteiger partial charge in [0.2, 0.25) is 0 Å². The third-order valence-corrected chi connectivity index (χ3v) is 3.71. The van der Waals surface area contributed by atoms with E-state index < -0.39 is 0 Å². The average Bonchev–Trinajstić information content (AvgIpc) is 3.12. The second kappa shape index (κ2) is 4.66. The van der Waals surface area contributed by atoms with Gasteiger partial charge in [-0.2, -0.15) is 5.10 Å². The number of methoxy groups -OCH3 is 1. The first-order valence-electron chi connectivity index (χ1n) is 6.42. The van der Waals surface area contributed by atoms with Crippen LogP contribution in [0.3, 0.4) is 0 Å². The molecule has 0 amide bonds. The number of benzene rings is 1. The molecular weight excluding hydrogens is 242 g/mol. The summed E-state index contributed by atoms with van der Waals surface area (Å²) in [6.07, 6.45) is 2.59. The fraction of sp³-hybridized carbons (Fsp3) is 0.429. The highest BCUT2D eigenvalue weighted by molar-refractivity contribution is 5.35. The Bertz CT molecular complexity index is 576. The number of aliphatic hydroxyl groups excluding tert-OH is 1. The number of rotatable bonds is 5. The molecule has 0 aliphatic heterocycles. The van der Waals surface area contributed by atoms with Gasteiger partial charge < -0.3 is 9.84 Å². The molecule has 5 heteroatoms. The van der Waals surface area contributed by atoms with Gasteiger partial charge in [0.1, 0.15) is 11.6 Å². The number of nitrogens with one attached hydrogen (secondary N) is 1. The van der Waals surface area contributed by atoms with Gasteiger partial charge in [-0.3, -0.25) is 5.10 Å². The van der Waals surface area contributed by atoms with Crippen molar-refractivity contribution in [3.05, 3.63) is 41.5 Å². The van der Waals surface area contributed by atoms with E-state index in [0.29, 0.717) is 6.42 Å². The van der Waals surface area contributed by atoms with Gasteiger partial charge >= 0.3 is 0 Å². The Balaban J connectivity index is 1.81. The van der Waals surface area contributed by atoms with Crippen LogP contribution in [-0.2, 0) is 11.8 Å². The van der Waals surface area contributed by atoms with Crippen molar-refractivity contribution < 1.29 is 9.84 Å². The molecule has 19 heavy (non-hydrogen) atoms. The lowest BCUT2D eigenvalue weighted by atomic mass is 10.1. The van der Waals surface area contributed by atoms with Crippen molar-refractivity contribution in [1.82, 2.24) is 15.2 Å². The number of ether oxygens (including phenoxy) is 1. The summed E-state index contributed by atoms with van der Waals surface area (Å²) in [5.74, 6) is 2.39. The highest BCUT2D eigenvalue weighted by Crippen LogP contribution is 2.45. The lowest BCUT2D eigenvalue weighted by Crippen LogP contribution is -2.13. The molecule has 1 fully saturated rings. The van der Waals surface area contributed by atoms with Crippen LogP contribution in [-0.4, -0.2) is 34.0 Å². The molecule has 0 saturated heterocycles. The minimum absolute atomic E-state index is 0.124. The van der Waals surface area contributed by atoms with Crippen LogP contribution in [0.25, 0.3) is 0 Å². The van der Waals surface area contributed by atoms with E-state index in [1.165, 1.54) is 0 Å². The van der Waals surface area contributed by atoms with E-state index in [1.807, 2.05) is 24.3 Å². The fourth-order valence-corrected chi connectivity index (χ4v) is 2.24. The van der Waals surface area contributed by atoms with Crippen molar-refractivity contribution in [2.45, 2.75) is 24.7 Å². The Morgan fingerprint density at radius 1 is 1.37 bits per heavy atom. The number of nitrogens with zero attached hydrogens (tertiary/aromatic N) is 2. The van der Waals surface area contributed by atoms with Crippen molar-refractivity contribution in [2.75, 3.05) is 13.7 Å². The second-order valence-electron chi connectivity index (χ2n) is 5.03. The van der Waals surface area contributed by atoms with Crippen LogP contribution in [0, 0.1) is 0 Å². The molecule has 3 rings (SSSR count). The first-order chi connectivity index (χ1) is 9.27. The number of aliphatic hydroxyl groups is 1. The van der Waals surface area contributed by atoms with E-state index in [2.05, 4.69) is 15.2 Å². The van der Waals surface area contributed by atoms with Crippen molar-refractivity contribution >= 4 is 0 Å². The van der Waals surface area contributed by atoms with E-state index in [4.69, 9.17) is 4.74 Å². The highest BCUT2D eigenvalue weighted by atomic mass is 16.5. The van der Waals surface area contributed by atoms with Gasteiger partial charge in [-0.25, -0.2) is 4.98 Å². The summed E-state index contributed by atoms with van der Waals surface area (Å²) >= 11 is 0. The summed E-state index contributed by atoms with van der Waals surface area (Å²) in [7, 11) is 1.66. The number of hydrogen-bond acceptors (Lipinski definition) is 4. The Labute approximate surface area is 111 Å². The summed E-state index contributed by atoms with van der Waals surface area (Å²) in [4.78, 5) is 4.50. The highest BCUT2D eigenvalue weighted by Gasteiger charge is 2.47. The van der Waals surface area contributed by atoms with Gasteiger partial charge in [-0.1, -0.05) is 18.2 Å². The SMILES string of the molecule is COc1ccccc1Cc1nc(C2(CO)CC2)n[nH]1. The van der Waals surface area contributed by atoms with Crippen LogP contribution in [0.2, 0.25) is 0 Å². The van der Waals surface area contributed by atoms with Gasteiger partial charge in [0, 0.05) is 12.0 Å². The molecule has 0 atom stereocenters. The fourth-order valence-electron chi connectivity index (χ4n) is 2.24. The summed E-state index contributed by atoms with van der Waals surface area (Å²) in [5.41, 5.74) is 0.886. The van der Waals surface area contributed by atoms with Gasteiger partial charge in [-0.15, -0.1) is 0 Å². The number of aromatic amines is 1. The predicted octanol–water partition coefficient (Wildman–Crippen LogP) is 1.43. The lowest BCUT2D eigenvalue weighted by Gasteiger charge is -2.06. The van der Waals surface area contributed by atoms with Crippen LogP contribution in [0.5, 0.6) is 5.75 Å². The van der Waals surface area contributed by atoms with E-state index in [1.54, 1.807) is 7.11 Å². The van der Waals surface area contributed by atoms with Crippen molar-refractivity contribution in [3.63, 3.8) is 0 Å². The molecule has 0 bridgehead atoms. The molecule has 0 spiro atoms. The maximum atomic E-state index is 9.38. The smallest absolute Gasteiger partial charge is 0.159 e. The van der Waals surface area contributed by atoms with Gasteiger partial charge in [0.25, 0.3) is 0 Å². The standard InChI is InChI=1S/C14H17N3O2/c1-19-11-5-3-2-4-10(11)8-12-15-13(17-16-12)14(9-18)6-7-14/h2-5,18H,6-9H2,1H3,(H,15,16,17). The summed E-state index contributed by atoms with van der Waals surface area (Å²) in [5, 5.41) is 16.6. The average molecular weight is 259 g/mol. The molecule has 1 aliphatic rings. The topological polar surface area (TPSA) is 71.0 Å². The minimum Gasteiger partial charge on any atom is -0.496 e. The van der Waals surface area contributed by atoms with E-state index in [0.717, 1.165) is 35.8 Å². The quantitative estimate of drug-likeness (QED) is 0.852. The molecule has 100 valence electrons. The van der Waals surface area contributed by atoms with E-state index in [9.17, 15) is 5.11 Å². The third kappa shape index (κ3) is 2.21. The Hall–Kier alpha value is -1.88. The molecule has 0 unspecified atom stereocenters. The first-order valence-corrected chi connectivity index (χ1v) is 6.42. The number of H-pyrrole nitrogens is 1. The lowest BCUT2D eigenvalue weighted by molar-refractivity contribution is 0.250. The maximum Gasteiger partial charge on any atom is 0.159 e. The molecule has 1 aromatic carbocycles. The predicted molar refractivity (Wildman–Crippen MR) is 70.2 cm³/mol. The molecule has 2 aromatic rings. The Kier molecular flexibility index (Phi) is 2.98. The van der Waals surface area contributed by atoms with Crippen molar-refractivity contribution in [1.29, 1.82) is 0 Å². The van der Waals surface area contributed by atoms with Crippen LogP contribution in [0.4, 0.5) is 0 Å². The summed E-state index contributed by atoms with van der Waals surface area (Å²) < 4.78 is 5.32. The zero-order valence-electron chi connectivity index (χ0n) is 10.9. The third-order valence-electron chi connectivity index (χ3n) is 3.71. The van der Waals surface area contributed by atoms with E-state index in [-0.39, 0.29) is 12.0 Å². The maximum absolute atomic E-state index is 9.38. The molecule has 1 saturated carbocycles. The second-order valence-corrected chi connectivity index (χ2v) is 5.03. The summed E-state index contributed by atoms with van der Waals surface area (Å²) in [6.45, 7) is 0.124. The zero-order chi connectivity index (χ0) is 13.3. The van der Waals surface area contributed by atoms with Crippen molar-refractivity contribution in [2.24, 2.45) is 0 Å². The largest absolute Gasteiger partial charge is 0.496 e. The number of hydrogen-bond donors (Lipinski definition) is 2. The Morgan fingerprint density at radius 2 is 2.16 bits per heavy atom. The monoisotopic (exact) mass is 259 g/mol. The molecule has 2 N–H and O–H groups in total. The van der Waals surface area contributed by atoms with Crippen molar-refractivity contribution in [3.8, 4) is 5.75 Å². The molecule has 1 aromatic heterocycles. The zero-order valence-corrected chi connectivity index (χ0v) is 10.9. The number of aromatic nitrogens is 3. The van der Waals surface area contributed by atoms with Gasteiger partial charge in [0.15, 0.2) is 5.82 Å². The molecule has 1 aliphatic carbocycles. The molecule has 0 radical (unpaired) electrons. The normalized spacial score (nSPS) is 16.3. The summed E-state index contributed by atoms with van der Waals surface area (Å²) in [6, 6.07) is 7.87. The van der Waals surface area contributed by atoms with Gasteiger partial charge in [-0.05, 0) is 18.9 Å². The van der Waals surface area contributed by atoms with E-state index >= 15 is 0 Å². The number of para-hydroxylation sites is 1. The first kappa shape index (κ1) is 12.2. The molecule has 1 heterocycles. The van der Waals surface area contributed by atoms with Crippen LogP contribution < -0.4 is 4.74 Å². The molecular formula is C14H17N3O2. The Morgan fingerprint density at radius 3 is 2.84 bits per heavy atom. The van der Waals surface area contributed by atoms with Crippen LogP contribution in [0.15, 0.2) is 24.3 Å². The van der Waals surface area contributed by atoms with Gasteiger partial charge in [0.05, 0.1) is 19.1 Å². The van der Waals surface area contributed by atoms with Crippen LogP contribution in [0.1, 0.15) is 30.1 Å².